The molecule has 10 heteroatoms. The van der Waals surface area contributed by atoms with Gasteiger partial charge in [0.1, 0.15) is 0 Å². The molecule has 0 spiro atoms. The van der Waals surface area contributed by atoms with Crippen LogP contribution in [0.4, 0.5) is 5.82 Å². The molecule has 1 amide bonds. The van der Waals surface area contributed by atoms with Crippen LogP contribution in [-0.2, 0) is 7.05 Å². The molecule has 0 saturated carbocycles. The standard InChI is InChI=1S/C6H8N6O3S/c1-11-2-3(4(10-11)12(14)15)5(13)8-9-6(7)16/h2H,1H3,(H,8,13)(H3,7,9,16). The van der Waals surface area contributed by atoms with Crippen molar-refractivity contribution in [2.75, 3.05) is 0 Å². The van der Waals surface area contributed by atoms with Crippen molar-refractivity contribution in [3.8, 4) is 0 Å². The van der Waals surface area contributed by atoms with Crippen LogP contribution in [0, 0.1) is 10.1 Å². The number of nitrogens with two attached hydrogens (primary N) is 1. The number of carbonyl (C=O) groups is 1. The van der Waals surface area contributed by atoms with Crippen molar-refractivity contribution >= 4 is 29.1 Å². The number of hydrogen-bond acceptors (Lipinski definition) is 5. The zero-order valence-corrected chi connectivity index (χ0v) is 8.95. The van der Waals surface area contributed by atoms with E-state index in [0.29, 0.717) is 0 Å². The Morgan fingerprint density at radius 1 is 1.69 bits per heavy atom. The SMILES string of the molecule is Cn1cc(C(=O)NNC(N)=S)c([N+](=O)[O-])n1. The van der Waals surface area contributed by atoms with E-state index >= 15 is 0 Å². The molecule has 1 rings (SSSR count). The van der Waals surface area contributed by atoms with Crippen LogP contribution < -0.4 is 16.6 Å². The molecule has 0 unspecified atom stereocenters. The summed E-state index contributed by atoms with van der Waals surface area (Å²) >= 11 is 4.45. The third-order valence-electron chi connectivity index (χ3n) is 1.53. The minimum atomic E-state index is -0.754. The number of aryl methyl sites for hydroxylation is 1. The highest BCUT2D eigenvalue weighted by Gasteiger charge is 2.25. The zero-order valence-electron chi connectivity index (χ0n) is 8.13. The number of nitrogens with zero attached hydrogens (tertiary/aromatic N) is 3. The molecule has 0 aliphatic rings. The van der Waals surface area contributed by atoms with E-state index < -0.39 is 16.6 Å². The summed E-state index contributed by atoms with van der Waals surface area (Å²) in [5.41, 5.74) is 9.15. The molecule has 0 bridgehead atoms. The van der Waals surface area contributed by atoms with Crippen LogP contribution in [-0.4, -0.2) is 25.7 Å². The van der Waals surface area contributed by atoms with E-state index in [1.807, 2.05) is 0 Å². The summed E-state index contributed by atoms with van der Waals surface area (Å²) in [7, 11) is 1.46. The maximum absolute atomic E-state index is 11.4. The number of aromatic nitrogens is 2. The van der Waals surface area contributed by atoms with Gasteiger partial charge in [0.2, 0.25) is 0 Å². The van der Waals surface area contributed by atoms with Crippen molar-refractivity contribution in [1.82, 2.24) is 20.6 Å². The van der Waals surface area contributed by atoms with Gasteiger partial charge in [-0.1, -0.05) is 0 Å². The molecule has 0 atom stereocenters. The van der Waals surface area contributed by atoms with E-state index in [9.17, 15) is 14.9 Å². The highest BCUT2D eigenvalue weighted by Crippen LogP contribution is 2.14. The predicted molar refractivity (Wildman–Crippen MR) is 57.2 cm³/mol. The monoisotopic (exact) mass is 244 g/mol. The minimum Gasteiger partial charge on any atom is -0.375 e. The number of carbonyl (C=O) groups excluding carboxylic acids is 1. The Morgan fingerprint density at radius 2 is 2.31 bits per heavy atom. The topological polar surface area (TPSA) is 128 Å². The maximum atomic E-state index is 11.4. The fourth-order valence-corrected chi connectivity index (χ4v) is 1.01. The fraction of sp³-hybridized carbons (Fsp3) is 0.167. The lowest BCUT2D eigenvalue weighted by atomic mass is 10.3. The van der Waals surface area contributed by atoms with Gasteiger partial charge in [0, 0.05) is 0 Å². The van der Waals surface area contributed by atoms with Crippen LogP contribution in [0.3, 0.4) is 0 Å². The quantitative estimate of drug-likeness (QED) is 0.339. The van der Waals surface area contributed by atoms with E-state index in [1.54, 1.807) is 0 Å². The van der Waals surface area contributed by atoms with Crippen LogP contribution in [0.2, 0.25) is 0 Å². The molecule has 16 heavy (non-hydrogen) atoms. The second-order valence-electron chi connectivity index (χ2n) is 2.74. The Balaban J connectivity index is 2.90. The van der Waals surface area contributed by atoms with Gasteiger partial charge >= 0.3 is 5.82 Å². The Kier molecular flexibility index (Phi) is 3.35. The Morgan fingerprint density at radius 3 is 2.81 bits per heavy atom. The molecular weight excluding hydrogens is 236 g/mol. The first-order valence-corrected chi connectivity index (χ1v) is 4.36. The average Bonchev–Trinajstić information content (AvgIpc) is 2.56. The van der Waals surface area contributed by atoms with Gasteiger partial charge in [0.25, 0.3) is 5.91 Å². The molecule has 0 aliphatic carbocycles. The lowest BCUT2D eigenvalue weighted by molar-refractivity contribution is -0.390. The van der Waals surface area contributed by atoms with E-state index in [4.69, 9.17) is 5.73 Å². The van der Waals surface area contributed by atoms with Gasteiger partial charge in [-0.05, 0) is 17.1 Å². The van der Waals surface area contributed by atoms with Gasteiger partial charge in [-0.15, -0.1) is 0 Å². The molecular formula is C6H8N6O3S. The van der Waals surface area contributed by atoms with Crippen molar-refractivity contribution in [2.24, 2.45) is 12.8 Å². The Labute approximate surface area is 94.7 Å². The number of hydrazine groups is 1. The molecule has 1 heterocycles. The van der Waals surface area contributed by atoms with Crippen LogP contribution >= 0.6 is 12.2 Å². The summed E-state index contributed by atoms with van der Waals surface area (Å²) in [5, 5.41) is 13.9. The molecule has 9 nitrogen and oxygen atoms in total. The molecule has 0 saturated heterocycles. The summed E-state index contributed by atoms with van der Waals surface area (Å²) in [6.45, 7) is 0. The summed E-state index contributed by atoms with van der Waals surface area (Å²) in [4.78, 5) is 21.2. The van der Waals surface area contributed by atoms with Gasteiger partial charge in [0.05, 0.1) is 18.3 Å². The minimum absolute atomic E-state index is 0.153. The normalized spacial score (nSPS) is 9.56. The molecule has 0 radical (unpaired) electrons. The highest BCUT2D eigenvalue weighted by molar-refractivity contribution is 7.80. The summed E-state index contributed by atoms with van der Waals surface area (Å²) in [6, 6.07) is 0. The highest BCUT2D eigenvalue weighted by atomic mass is 32.1. The van der Waals surface area contributed by atoms with Gasteiger partial charge < -0.3 is 15.8 Å². The zero-order chi connectivity index (χ0) is 12.3. The van der Waals surface area contributed by atoms with Gasteiger partial charge in [-0.25, -0.2) is 0 Å². The van der Waals surface area contributed by atoms with Gasteiger partial charge in [-0.3, -0.25) is 15.6 Å². The van der Waals surface area contributed by atoms with E-state index in [2.05, 4.69) is 28.2 Å². The van der Waals surface area contributed by atoms with Crippen molar-refractivity contribution in [1.29, 1.82) is 0 Å². The van der Waals surface area contributed by atoms with Crippen LogP contribution in [0.5, 0.6) is 0 Å². The number of rotatable bonds is 2. The number of amides is 1. The number of hydrogen-bond donors (Lipinski definition) is 3. The molecule has 86 valence electrons. The predicted octanol–water partition coefficient (Wildman–Crippen LogP) is -1.19. The van der Waals surface area contributed by atoms with Crippen LogP contribution in [0.1, 0.15) is 10.4 Å². The Hall–Kier alpha value is -2.23. The maximum Gasteiger partial charge on any atom is 0.402 e. The van der Waals surface area contributed by atoms with Crippen LogP contribution in [0.25, 0.3) is 0 Å². The Bertz CT molecular complexity index is 455. The van der Waals surface area contributed by atoms with Crippen molar-refractivity contribution < 1.29 is 9.72 Å². The van der Waals surface area contributed by atoms with E-state index in [1.165, 1.54) is 13.2 Å². The number of nitrogens with one attached hydrogen (secondary N) is 2. The largest absolute Gasteiger partial charge is 0.402 e. The molecule has 1 aromatic rings. The van der Waals surface area contributed by atoms with E-state index in [-0.39, 0.29) is 10.7 Å². The number of thiocarbonyl (C=S) groups is 1. The fourth-order valence-electron chi connectivity index (χ4n) is 0.957. The first-order valence-electron chi connectivity index (χ1n) is 3.95. The van der Waals surface area contributed by atoms with E-state index in [0.717, 1.165) is 4.68 Å². The number of nitro groups is 1. The average molecular weight is 244 g/mol. The first kappa shape index (κ1) is 11.8. The summed E-state index contributed by atoms with van der Waals surface area (Å²) < 4.78 is 1.16. The molecule has 0 aliphatic heterocycles. The lowest BCUT2D eigenvalue weighted by Crippen LogP contribution is -2.44. The van der Waals surface area contributed by atoms with Crippen molar-refractivity contribution in [3.63, 3.8) is 0 Å². The van der Waals surface area contributed by atoms with Crippen molar-refractivity contribution in [3.05, 3.63) is 21.9 Å². The third-order valence-corrected chi connectivity index (χ3v) is 1.63. The second kappa shape index (κ2) is 4.53. The molecule has 0 aromatic carbocycles. The summed E-state index contributed by atoms with van der Waals surface area (Å²) in [5.74, 6) is -1.28. The molecule has 4 N–H and O–H groups in total. The first-order chi connectivity index (χ1) is 7.41. The molecule has 0 fully saturated rings. The van der Waals surface area contributed by atoms with Gasteiger partial charge in [0.15, 0.2) is 10.7 Å². The second-order valence-corrected chi connectivity index (χ2v) is 3.18. The summed E-state index contributed by atoms with van der Waals surface area (Å²) in [6.07, 6.45) is 1.22. The van der Waals surface area contributed by atoms with Crippen LogP contribution in [0.15, 0.2) is 6.20 Å². The molecule has 1 aromatic heterocycles. The third kappa shape index (κ3) is 2.63. The van der Waals surface area contributed by atoms with Gasteiger partial charge in [-0.2, -0.15) is 4.68 Å². The smallest absolute Gasteiger partial charge is 0.375 e. The van der Waals surface area contributed by atoms with Crippen molar-refractivity contribution in [2.45, 2.75) is 0 Å². The lowest BCUT2D eigenvalue weighted by Gasteiger charge is -2.03.